The SMILES string of the molecule is Oc1ccc2c3c1O[C@H]1c4c(c5cccc6c5n4CCC6)C[C@@]4(O)[C@@H](C2)N(C/C=C/c2ccccc2)CC[C@]314. The van der Waals surface area contributed by atoms with Crippen molar-refractivity contribution in [3.8, 4) is 11.5 Å². The molecule has 2 aliphatic carbocycles. The van der Waals surface area contributed by atoms with E-state index in [1.165, 1.54) is 38.9 Å². The number of phenols is 1. The lowest BCUT2D eigenvalue weighted by molar-refractivity contribution is -0.171. The molecule has 0 unspecified atom stereocenters. The lowest BCUT2D eigenvalue weighted by atomic mass is 9.49. The van der Waals surface area contributed by atoms with E-state index in [1.54, 1.807) is 6.07 Å². The van der Waals surface area contributed by atoms with Crippen LogP contribution in [-0.2, 0) is 31.2 Å². The quantitative estimate of drug-likeness (QED) is 0.388. The van der Waals surface area contributed by atoms with Crippen LogP contribution in [-0.4, -0.2) is 44.4 Å². The zero-order chi connectivity index (χ0) is 25.9. The number of nitrogens with zero attached hydrogens (tertiary/aromatic N) is 2. The predicted octanol–water partition coefficient (Wildman–Crippen LogP) is 5.30. The lowest BCUT2D eigenvalue weighted by Gasteiger charge is -2.62. The summed E-state index contributed by atoms with van der Waals surface area (Å²) in [6.45, 7) is 2.66. The van der Waals surface area contributed by atoms with E-state index in [4.69, 9.17) is 4.74 Å². The van der Waals surface area contributed by atoms with Crippen LogP contribution < -0.4 is 4.74 Å². The van der Waals surface area contributed by atoms with Gasteiger partial charge < -0.3 is 19.5 Å². The molecule has 4 heterocycles. The van der Waals surface area contributed by atoms with Gasteiger partial charge in [-0.05, 0) is 54.0 Å². The van der Waals surface area contributed by atoms with Crippen LogP contribution in [0.25, 0.3) is 17.0 Å². The topological polar surface area (TPSA) is 57.9 Å². The number of ether oxygens (including phenoxy) is 1. The smallest absolute Gasteiger partial charge is 0.166 e. The largest absolute Gasteiger partial charge is 0.504 e. The first-order chi connectivity index (χ1) is 19.1. The van der Waals surface area contributed by atoms with Crippen molar-refractivity contribution in [2.75, 3.05) is 13.1 Å². The highest BCUT2D eigenvalue weighted by atomic mass is 16.5. The van der Waals surface area contributed by atoms with Gasteiger partial charge in [-0.15, -0.1) is 0 Å². The molecule has 0 saturated carbocycles. The number of hydrogen-bond acceptors (Lipinski definition) is 4. The lowest BCUT2D eigenvalue weighted by Crippen LogP contribution is -2.74. The standard InChI is InChI=1S/C34H32N2O3/c37-26-14-13-23-19-27-34(38)20-25-24-12-4-10-22-11-6-17-36(29(22)24)30(25)32-33(34,28(23)31(26)39-32)15-18-35(27)16-5-9-21-7-2-1-3-8-21/h1-5,7-10,12-14,27,32,37-38H,6,11,15-20H2/b9-5+/t27-,32+,33+,34-/m1/s1. The Morgan fingerprint density at radius 3 is 2.79 bits per heavy atom. The Labute approximate surface area is 227 Å². The molecule has 3 aliphatic heterocycles. The van der Waals surface area contributed by atoms with Gasteiger partial charge in [-0.2, -0.15) is 0 Å². The van der Waals surface area contributed by atoms with Crippen LogP contribution in [0.2, 0.25) is 0 Å². The van der Waals surface area contributed by atoms with Gasteiger partial charge in [0.2, 0.25) is 0 Å². The average Bonchev–Trinajstić information content (AvgIpc) is 3.46. The molecule has 5 heteroatoms. The van der Waals surface area contributed by atoms with E-state index in [0.717, 1.165) is 50.9 Å². The number of phenolic OH excluding ortho intramolecular Hbond substituents is 1. The van der Waals surface area contributed by atoms with E-state index in [0.29, 0.717) is 12.2 Å². The van der Waals surface area contributed by atoms with Gasteiger partial charge in [0.1, 0.15) is 0 Å². The summed E-state index contributed by atoms with van der Waals surface area (Å²) in [6, 6.07) is 20.9. The molecule has 1 saturated heterocycles. The molecule has 3 aromatic carbocycles. The van der Waals surface area contributed by atoms with Crippen LogP contribution >= 0.6 is 0 Å². The number of piperidine rings is 1. The summed E-state index contributed by atoms with van der Waals surface area (Å²) in [5.41, 5.74) is 7.15. The van der Waals surface area contributed by atoms with Gasteiger partial charge in [0.05, 0.1) is 22.2 Å². The number of aromatic hydroxyl groups is 1. The van der Waals surface area contributed by atoms with Gasteiger partial charge in [0, 0.05) is 43.0 Å². The Bertz CT molecular complexity index is 1700. The Balaban J connectivity index is 1.24. The van der Waals surface area contributed by atoms with E-state index in [9.17, 15) is 10.2 Å². The zero-order valence-electron chi connectivity index (χ0n) is 21.9. The highest BCUT2D eigenvalue weighted by Crippen LogP contribution is 2.69. The fourth-order valence-electron chi connectivity index (χ4n) is 9.10. The summed E-state index contributed by atoms with van der Waals surface area (Å²) in [5.74, 6) is 0.803. The van der Waals surface area contributed by atoms with Crippen molar-refractivity contribution in [3.63, 3.8) is 0 Å². The predicted molar refractivity (Wildman–Crippen MR) is 151 cm³/mol. The minimum Gasteiger partial charge on any atom is -0.504 e. The minimum atomic E-state index is -0.987. The van der Waals surface area contributed by atoms with E-state index >= 15 is 0 Å². The molecule has 5 nitrogen and oxygen atoms in total. The van der Waals surface area contributed by atoms with Crippen LogP contribution in [0.15, 0.2) is 66.7 Å². The summed E-state index contributed by atoms with van der Waals surface area (Å²) >= 11 is 0. The highest BCUT2D eigenvalue weighted by Gasteiger charge is 2.73. The molecule has 1 aromatic heterocycles. The number of benzene rings is 3. The fraction of sp³-hybridized carbons (Fsp3) is 0.353. The normalized spacial score (nSPS) is 29.9. The van der Waals surface area contributed by atoms with Crippen molar-refractivity contribution in [2.24, 2.45) is 0 Å². The molecule has 5 aliphatic rings. The summed E-state index contributed by atoms with van der Waals surface area (Å²) in [7, 11) is 0. The number of fused-ring (bicyclic) bond motifs is 4. The third-order valence-electron chi connectivity index (χ3n) is 10.6. The van der Waals surface area contributed by atoms with Crippen LogP contribution in [0.5, 0.6) is 11.5 Å². The van der Waals surface area contributed by atoms with Gasteiger partial charge in [-0.1, -0.05) is 66.7 Å². The first-order valence-corrected chi connectivity index (χ1v) is 14.4. The molecule has 9 rings (SSSR count). The van der Waals surface area contributed by atoms with E-state index in [2.05, 4.69) is 70.1 Å². The molecule has 0 amide bonds. The van der Waals surface area contributed by atoms with E-state index in [1.807, 2.05) is 6.07 Å². The first-order valence-electron chi connectivity index (χ1n) is 14.4. The maximum absolute atomic E-state index is 13.1. The second-order valence-electron chi connectivity index (χ2n) is 12.2. The van der Waals surface area contributed by atoms with Gasteiger partial charge in [-0.3, -0.25) is 4.90 Å². The maximum Gasteiger partial charge on any atom is 0.166 e. The number of rotatable bonds is 3. The summed E-state index contributed by atoms with van der Waals surface area (Å²) in [6.07, 6.45) is 8.53. The second-order valence-corrected chi connectivity index (χ2v) is 12.2. The van der Waals surface area contributed by atoms with Gasteiger partial charge in [0.15, 0.2) is 17.6 Å². The minimum absolute atomic E-state index is 0.0272. The Hall–Kier alpha value is -3.54. The second kappa shape index (κ2) is 7.56. The molecule has 196 valence electrons. The summed E-state index contributed by atoms with van der Waals surface area (Å²) < 4.78 is 9.35. The molecule has 1 fully saturated rings. The van der Waals surface area contributed by atoms with E-state index < -0.39 is 11.0 Å². The number of aliphatic hydroxyl groups is 1. The maximum atomic E-state index is 13.1. The summed E-state index contributed by atoms with van der Waals surface area (Å²) in [5, 5.41) is 25.4. The number of likely N-dealkylation sites (tertiary alicyclic amines) is 1. The number of aromatic nitrogens is 1. The molecule has 4 atom stereocenters. The Morgan fingerprint density at radius 2 is 1.90 bits per heavy atom. The van der Waals surface area contributed by atoms with Crippen LogP contribution in [0.3, 0.4) is 0 Å². The average molecular weight is 517 g/mol. The first kappa shape index (κ1) is 22.3. The highest BCUT2D eigenvalue weighted by molar-refractivity contribution is 5.90. The van der Waals surface area contributed by atoms with Crippen molar-refractivity contribution in [2.45, 2.75) is 61.8 Å². The molecular formula is C34H32N2O3. The van der Waals surface area contributed by atoms with Gasteiger partial charge >= 0.3 is 0 Å². The molecule has 39 heavy (non-hydrogen) atoms. The molecule has 0 radical (unpaired) electrons. The third-order valence-corrected chi connectivity index (χ3v) is 10.6. The van der Waals surface area contributed by atoms with Crippen molar-refractivity contribution in [1.82, 2.24) is 9.47 Å². The van der Waals surface area contributed by atoms with Crippen molar-refractivity contribution in [3.05, 3.63) is 100 Å². The molecule has 1 spiro atoms. The molecule has 4 aromatic rings. The van der Waals surface area contributed by atoms with Crippen molar-refractivity contribution < 1.29 is 14.9 Å². The third kappa shape index (κ3) is 2.63. The van der Waals surface area contributed by atoms with Gasteiger partial charge in [0.25, 0.3) is 0 Å². The van der Waals surface area contributed by atoms with Crippen molar-refractivity contribution >= 4 is 17.0 Å². The molecular weight excluding hydrogens is 484 g/mol. The molecule has 2 bridgehead atoms. The van der Waals surface area contributed by atoms with Crippen LogP contribution in [0, 0.1) is 0 Å². The summed E-state index contributed by atoms with van der Waals surface area (Å²) in [4.78, 5) is 2.49. The fourth-order valence-corrected chi connectivity index (χ4v) is 9.10. The number of para-hydroxylation sites is 1. The number of aryl methyl sites for hydroxylation is 2. The monoisotopic (exact) mass is 516 g/mol. The van der Waals surface area contributed by atoms with Crippen molar-refractivity contribution in [1.29, 1.82) is 0 Å². The zero-order valence-corrected chi connectivity index (χ0v) is 21.9. The molecule has 2 N–H and O–H groups in total. The van der Waals surface area contributed by atoms with Crippen LogP contribution in [0.1, 0.15) is 52.5 Å². The number of hydrogen-bond donors (Lipinski definition) is 2. The Morgan fingerprint density at radius 1 is 1.00 bits per heavy atom. The Kier molecular flexibility index (Phi) is 4.32. The van der Waals surface area contributed by atoms with Gasteiger partial charge in [-0.25, -0.2) is 0 Å². The van der Waals surface area contributed by atoms with E-state index in [-0.39, 0.29) is 17.9 Å². The van der Waals surface area contributed by atoms with Crippen LogP contribution in [0.4, 0.5) is 0 Å².